The zero-order valence-corrected chi connectivity index (χ0v) is 14.4. The van der Waals surface area contributed by atoms with Crippen molar-refractivity contribution in [2.24, 2.45) is 0 Å². The lowest BCUT2D eigenvalue weighted by Gasteiger charge is -2.15. The molecule has 0 aliphatic carbocycles. The normalized spacial score (nSPS) is 11.4. The maximum Gasteiger partial charge on any atom is 0.287 e. The highest BCUT2D eigenvalue weighted by molar-refractivity contribution is 5.83. The van der Waals surface area contributed by atoms with Gasteiger partial charge in [0.15, 0.2) is 6.04 Å². The number of rotatable bonds is 3. The Kier molecular flexibility index (Phi) is 3.53. The minimum Gasteiger partial charge on any atom is -0.219 e. The van der Waals surface area contributed by atoms with E-state index in [2.05, 4.69) is 119 Å². The molecule has 3 aromatic carbocycles. The van der Waals surface area contributed by atoms with Crippen LogP contribution in [0.4, 0.5) is 0 Å². The molecule has 124 valence electrons. The Balaban J connectivity index is 1.78. The van der Waals surface area contributed by atoms with Gasteiger partial charge in [-0.05, 0) is 5.39 Å². The van der Waals surface area contributed by atoms with Crippen molar-refractivity contribution in [3.8, 4) is 0 Å². The van der Waals surface area contributed by atoms with Crippen LogP contribution in [0.25, 0.3) is 16.4 Å². The van der Waals surface area contributed by atoms with E-state index in [1.54, 1.807) is 0 Å². The number of aromatic nitrogens is 2. The molecule has 0 N–H and O–H groups in total. The van der Waals surface area contributed by atoms with Crippen LogP contribution < -0.4 is 4.40 Å². The van der Waals surface area contributed by atoms with Gasteiger partial charge in [-0.2, -0.15) is 0 Å². The predicted molar refractivity (Wildman–Crippen MR) is 105 cm³/mol. The van der Waals surface area contributed by atoms with Crippen molar-refractivity contribution in [3.63, 3.8) is 0 Å². The molecule has 26 heavy (non-hydrogen) atoms. The van der Waals surface area contributed by atoms with Crippen LogP contribution in [-0.4, -0.2) is 4.57 Å². The third-order valence-electron chi connectivity index (χ3n) is 4.98. The molecule has 0 unspecified atom stereocenters. The van der Waals surface area contributed by atoms with Gasteiger partial charge in [-0.1, -0.05) is 84.9 Å². The van der Waals surface area contributed by atoms with Crippen LogP contribution in [0.15, 0.2) is 110 Å². The van der Waals surface area contributed by atoms with Gasteiger partial charge in [-0.25, -0.2) is 8.97 Å². The summed E-state index contributed by atoms with van der Waals surface area (Å²) < 4.78 is 4.57. The minimum atomic E-state index is 0.142. The molecule has 0 radical (unpaired) electrons. The number of imidazole rings is 1. The first kappa shape index (κ1) is 14.9. The summed E-state index contributed by atoms with van der Waals surface area (Å²) in [6.07, 6.45) is 6.52. The quantitative estimate of drug-likeness (QED) is 0.410. The first-order valence-electron chi connectivity index (χ1n) is 8.91. The molecule has 0 saturated heterocycles. The molecule has 5 rings (SSSR count). The van der Waals surface area contributed by atoms with Gasteiger partial charge in [-0.3, -0.25) is 0 Å². The van der Waals surface area contributed by atoms with E-state index < -0.39 is 0 Å². The topological polar surface area (TPSA) is 9.03 Å². The van der Waals surface area contributed by atoms with Crippen LogP contribution in [0, 0.1) is 0 Å². The van der Waals surface area contributed by atoms with E-state index in [4.69, 9.17) is 0 Å². The molecule has 0 fully saturated rings. The summed E-state index contributed by atoms with van der Waals surface area (Å²) in [6.45, 7) is 0. The van der Waals surface area contributed by atoms with Gasteiger partial charge in [-0.15, -0.1) is 0 Å². The van der Waals surface area contributed by atoms with Crippen molar-refractivity contribution in [2.45, 2.75) is 6.04 Å². The Bertz CT molecular complexity index is 1130. The van der Waals surface area contributed by atoms with E-state index >= 15 is 0 Å². The fraction of sp³-hybridized carbons (Fsp3) is 0.0417. The van der Waals surface area contributed by atoms with E-state index in [0.29, 0.717) is 0 Å². The van der Waals surface area contributed by atoms with Gasteiger partial charge in [0.2, 0.25) is 0 Å². The summed E-state index contributed by atoms with van der Waals surface area (Å²) in [5.41, 5.74) is 3.75. The summed E-state index contributed by atoms with van der Waals surface area (Å²) in [5.74, 6) is 0. The van der Waals surface area contributed by atoms with E-state index in [1.165, 1.54) is 27.5 Å². The van der Waals surface area contributed by atoms with Gasteiger partial charge >= 0.3 is 0 Å². The third-order valence-corrected chi connectivity index (χ3v) is 4.98. The summed E-state index contributed by atoms with van der Waals surface area (Å²) in [7, 11) is 0. The van der Waals surface area contributed by atoms with E-state index in [1.807, 2.05) is 0 Å². The van der Waals surface area contributed by atoms with Crippen molar-refractivity contribution in [1.82, 2.24) is 4.57 Å². The van der Waals surface area contributed by atoms with Gasteiger partial charge < -0.3 is 0 Å². The SMILES string of the molecule is c1ccc(C(c2ccccc2)n2cc[n+]3cc4ccccc4cc23)cc1. The number of hydrogen-bond donors (Lipinski definition) is 0. The second-order valence-electron chi connectivity index (χ2n) is 6.60. The number of nitrogens with zero attached hydrogens (tertiary/aromatic N) is 2. The maximum absolute atomic E-state index is 2.36. The zero-order chi connectivity index (χ0) is 17.3. The Hall–Kier alpha value is -3.39. The number of fused-ring (bicyclic) bond motifs is 2. The molecule has 0 bridgehead atoms. The molecule has 0 aliphatic rings. The van der Waals surface area contributed by atoms with E-state index in [-0.39, 0.29) is 6.04 Å². The van der Waals surface area contributed by atoms with E-state index in [9.17, 15) is 0 Å². The monoisotopic (exact) mass is 335 g/mol. The Labute approximate surface area is 152 Å². The zero-order valence-electron chi connectivity index (χ0n) is 14.4. The second kappa shape index (κ2) is 6.16. The van der Waals surface area contributed by atoms with Crippen molar-refractivity contribution in [3.05, 3.63) is 121 Å². The summed E-state index contributed by atoms with van der Waals surface area (Å²) in [5, 5.41) is 2.51. The highest BCUT2D eigenvalue weighted by Crippen LogP contribution is 2.28. The largest absolute Gasteiger partial charge is 0.287 e. The van der Waals surface area contributed by atoms with Crippen molar-refractivity contribution in [1.29, 1.82) is 0 Å². The number of hydrogen-bond acceptors (Lipinski definition) is 0. The summed E-state index contributed by atoms with van der Waals surface area (Å²) in [6, 6.07) is 32.3. The van der Waals surface area contributed by atoms with Crippen LogP contribution in [-0.2, 0) is 0 Å². The summed E-state index contributed by atoms with van der Waals surface area (Å²) >= 11 is 0. The first-order chi connectivity index (χ1) is 12.9. The Morgan fingerprint density at radius 3 is 1.88 bits per heavy atom. The number of benzene rings is 3. The lowest BCUT2D eigenvalue weighted by Crippen LogP contribution is -2.21. The predicted octanol–water partition coefficient (Wildman–Crippen LogP) is 5.02. The smallest absolute Gasteiger partial charge is 0.219 e. The van der Waals surface area contributed by atoms with Gasteiger partial charge in [0.25, 0.3) is 5.65 Å². The highest BCUT2D eigenvalue weighted by atomic mass is 15.1. The van der Waals surface area contributed by atoms with Gasteiger partial charge in [0, 0.05) is 22.6 Å². The van der Waals surface area contributed by atoms with Crippen LogP contribution in [0.2, 0.25) is 0 Å². The fourth-order valence-corrected chi connectivity index (χ4v) is 3.74. The van der Waals surface area contributed by atoms with Gasteiger partial charge in [0.1, 0.15) is 18.6 Å². The van der Waals surface area contributed by atoms with Crippen molar-refractivity contribution in [2.75, 3.05) is 0 Å². The molecule has 2 heteroatoms. The average molecular weight is 335 g/mol. The van der Waals surface area contributed by atoms with Crippen molar-refractivity contribution < 1.29 is 4.40 Å². The Morgan fingerprint density at radius 1 is 0.654 bits per heavy atom. The van der Waals surface area contributed by atoms with E-state index in [0.717, 1.165) is 0 Å². The molecule has 0 aliphatic heterocycles. The molecule has 0 spiro atoms. The summed E-state index contributed by atoms with van der Waals surface area (Å²) in [4.78, 5) is 0. The lowest BCUT2D eigenvalue weighted by molar-refractivity contribution is -0.509. The highest BCUT2D eigenvalue weighted by Gasteiger charge is 2.24. The molecule has 0 amide bonds. The lowest BCUT2D eigenvalue weighted by atomic mass is 9.98. The van der Waals surface area contributed by atoms with Crippen LogP contribution >= 0.6 is 0 Å². The minimum absolute atomic E-state index is 0.142. The number of pyridine rings is 1. The Morgan fingerprint density at radius 2 is 1.23 bits per heavy atom. The van der Waals surface area contributed by atoms with Crippen LogP contribution in [0.3, 0.4) is 0 Å². The second-order valence-corrected chi connectivity index (χ2v) is 6.60. The molecular formula is C24H19N2+. The van der Waals surface area contributed by atoms with Crippen molar-refractivity contribution >= 4 is 16.4 Å². The molecule has 2 aromatic heterocycles. The van der Waals surface area contributed by atoms with Crippen LogP contribution in [0.5, 0.6) is 0 Å². The molecule has 5 aromatic rings. The third kappa shape index (κ3) is 2.47. The average Bonchev–Trinajstić information content (AvgIpc) is 3.11. The molecule has 2 nitrogen and oxygen atoms in total. The first-order valence-corrected chi connectivity index (χ1v) is 8.91. The standard InChI is InChI=1S/C24H19N2/c1-3-9-19(10-4-1)24(20-11-5-2-6-12-20)26-16-15-25-18-22-14-8-7-13-21(22)17-23(25)26/h1-18,24H/q+1. The maximum atomic E-state index is 2.36. The molecule has 0 saturated carbocycles. The molecule has 0 atom stereocenters. The molecule has 2 heterocycles. The fourth-order valence-electron chi connectivity index (χ4n) is 3.74. The molecular weight excluding hydrogens is 316 g/mol. The van der Waals surface area contributed by atoms with Crippen LogP contribution in [0.1, 0.15) is 17.2 Å². The van der Waals surface area contributed by atoms with Gasteiger partial charge in [0.05, 0.1) is 0 Å².